The maximum atomic E-state index is 13.6. The van der Waals surface area contributed by atoms with Crippen molar-refractivity contribution in [1.82, 2.24) is 5.32 Å². The van der Waals surface area contributed by atoms with Crippen LogP contribution in [0.1, 0.15) is 12.8 Å². The third kappa shape index (κ3) is 3.77. The molecule has 25 heavy (non-hydrogen) atoms. The summed E-state index contributed by atoms with van der Waals surface area (Å²) in [5.74, 6) is -0.535. The number of nitrogens with one attached hydrogen (secondary N) is 1. The van der Waals surface area contributed by atoms with Gasteiger partial charge in [-0.25, -0.2) is 8.70 Å². The van der Waals surface area contributed by atoms with Crippen molar-refractivity contribution >= 4 is 45.5 Å². The van der Waals surface area contributed by atoms with Gasteiger partial charge in [-0.15, -0.1) is 10.8 Å². The van der Waals surface area contributed by atoms with Gasteiger partial charge in [0.15, 0.2) is 0 Å². The molecule has 0 fully saturated rings. The van der Waals surface area contributed by atoms with E-state index in [1.54, 1.807) is 0 Å². The number of benzene rings is 2. The second kappa shape index (κ2) is 7.73. The lowest BCUT2D eigenvalue weighted by molar-refractivity contribution is 0.477. The summed E-state index contributed by atoms with van der Waals surface area (Å²) < 4.78 is 36.8. The summed E-state index contributed by atoms with van der Waals surface area (Å²) in [5.41, 5.74) is 1.16. The van der Waals surface area contributed by atoms with E-state index >= 15 is 0 Å². The lowest BCUT2D eigenvalue weighted by atomic mass is 10.2. The van der Waals surface area contributed by atoms with E-state index in [1.807, 2.05) is 31.3 Å². The van der Waals surface area contributed by atoms with E-state index in [9.17, 15) is 13.5 Å². The van der Waals surface area contributed by atoms with Crippen LogP contribution < -0.4 is 9.62 Å². The molecule has 1 atom stereocenters. The van der Waals surface area contributed by atoms with Crippen LogP contribution in [0.15, 0.2) is 47.4 Å². The lowest BCUT2D eigenvalue weighted by Crippen LogP contribution is -2.33. The molecule has 3 N–H and O–H groups in total. The smallest absolute Gasteiger partial charge is 0.141 e. The average molecular weight is 403 g/mol. The second-order valence-electron chi connectivity index (χ2n) is 5.71. The molecule has 0 aromatic heterocycles. The zero-order valence-electron chi connectivity index (χ0n) is 13.7. The monoisotopic (exact) mass is 402 g/mol. The largest absolute Gasteiger partial charge is 0.320 e. The Morgan fingerprint density at radius 2 is 2.04 bits per heavy atom. The van der Waals surface area contributed by atoms with Crippen molar-refractivity contribution in [2.45, 2.75) is 22.3 Å². The van der Waals surface area contributed by atoms with Crippen LogP contribution in [-0.4, -0.2) is 27.3 Å². The van der Waals surface area contributed by atoms with Gasteiger partial charge < -0.3 is 5.32 Å². The summed E-state index contributed by atoms with van der Waals surface area (Å²) in [6, 6.07) is 11.7. The van der Waals surface area contributed by atoms with Gasteiger partial charge in [-0.2, -0.15) is 0 Å². The fraction of sp³-hybridized carbons (Fsp3) is 0.294. The van der Waals surface area contributed by atoms with E-state index in [2.05, 4.69) is 5.32 Å². The summed E-state index contributed by atoms with van der Waals surface area (Å²) in [6.45, 7) is 0.802. The Labute approximate surface area is 157 Å². The highest BCUT2D eigenvalue weighted by atomic mass is 35.5. The van der Waals surface area contributed by atoms with Crippen molar-refractivity contribution in [3.05, 3.63) is 53.3 Å². The molecule has 0 saturated carbocycles. The second-order valence-corrected chi connectivity index (χ2v) is 9.72. The highest BCUT2D eigenvalue weighted by molar-refractivity contribution is 8.34. The number of anilines is 2. The van der Waals surface area contributed by atoms with Crippen LogP contribution in [0, 0.1) is 5.82 Å². The van der Waals surface area contributed by atoms with Crippen LogP contribution in [0.3, 0.4) is 0 Å². The van der Waals surface area contributed by atoms with E-state index in [-0.39, 0.29) is 9.60 Å². The van der Waals surface area contributed by atoms with Crippen LogP contribution in [0.4, 0.5) is 15.8 Å². The van der Waals surface area contributed by atoms with Gasteiger partial charge in [-0.1, -0.05) is 35.5 Å². The summed E-state index contributed by atoms with van der Waals surface area (Å²) in [4.78, 5) is 0.962. The van der Waals surface area contributed by atoms with Gasteiger partial charge in [0.05, 0.1) is 16.4 Å². The number of para-hydroxylation sites is 1. The quantitative estimate of drug-likeness (QED) is 0.559. The molecule has 0 amide bonds. The summed E-state index contributed by atoms with van der Waals surface area (Å²) in [5, 5.41) is 3.03. The first-order valence-corrected chi connectivity index (χ1v) is 10.7. The molecule has 0 radical (unpaired) electrons. The van der Waals surface area contributed by atoms with Crippen molar-refractivity contribution in [3.63, 3.8) is 0 Å². The van der Waals surface area contributed by atoms with Gasteiger partial charge >= 0.3 is 0 Å². The zero-order chi connectivity index (χ0) is 18.0. The Balaban J connectivity index is 2.04. The molecule has 136 valence electrons. The normalized spacial score (nSPS) is 20.2. The van der Waals surface area contributed by atoms with Gasteiger partial charge in [0.2, 0.25) is 0 Å². The Morgan fingerprint density at radius 3 is 2.76 bits per heavy atom. The fourth-order valence-electron chi connectivity index (χ4n) is 2.76. The maximum absolute atomic E-state index is 13.6. The van der Waals surface area contributed by atoms with Crippen molar-refractivity contribution < 1.29 is 13.5 Å². The van der Waals surface area contributed by atoms with E-state index in [0.717, 1.165) is 17.9 Å². The Morgan fingerprint density at radius 1 is 1.28 bits per heavy atom. The minimum Gasteiger partial charge on any atom is -0.320 e. The van der Waals surface area contributed by atoms with E-state index in [0.29, 0.717) is 17.8 Å². The zero-order valence-corrected chi connectivity index (χ0v) is 16.0. The SMILES string of the molecule is CNCCCC1Sc2ccccc2N(c2ccc(F)c(Cl)c2)S1(O)O. The molecule has 1 aliphatic heterocycles. The predicted molar refractivity (Wildman–Crippen MR) is 106 cm³/mol. The molecular weight excluding hydrogens is 383 g/mol. The highest BCUT2D eigenvalue weighted by Crippen LogP contribution is 2.65. The molecular formula is C17H20ClFN2O2S2. The molecule has 1 aliphatic rings. The minimum absolute atomic E-state index is 0.0462. The van der Waals surface area contributed by atoms with E-state index in [4.69, 9.17) is 11.6 Å². The van der Waals surface area contributed by atoms with Crippen molar-refractivity contribution in [2.75, 3.05) is 17.9 Å². The molecule has 8 heteroatoms. The third-order valence-electron chi connectivity index (χ3n) is 3.97. The number of thioether (sulfide) groups is 1. The van der Waals surface area contributed by atoms with Gasteiger partial charge in [0.25, 0.3) is 0 Å². The van der Waals surface area contributed by atoms with Crippen molar-refractivity contribution in [2.24, 2.45) is 0 Å². The number of nitrogens with zero attached hydrogens (tertiary/aromatic N) is 1. The Kier molecular flexibility index (Phi) is 5.82. The number of halogens is 2. The number of rotatable bonds is 5. The molecule has 4 nitrogen and oxygen atoms in total. The molecule has 1 unspecified atom stereocenters. The fourth-order valence-corrected chi connectivity index (χ4v) is 6.67. The number of hydrogen-bond donors (Lipinski definition) is 3. The first-order valence-electron chi connectivity index (χ1n) is 7.88. The van der Waals surface area contributed by atoms with Crippen LogP contribution in [0.2, 0.25) is 5.02 Å². The first-order chi connectivity index (χ1) is 11.9. The van der Waals surface area contributed by atoms with Crippen LogP contribution in [0.5, 0.6) is 0 Å². The topological polar surface area (TPSA) is 55.7 Å². The van der Waals surface area contributed by atoms with Crippen LogP contribution in [-0.2, 0) is 0 Å². The molecule has 2 aromatic carbocycles. The molecule has 0 bridgehead atoms. The van der Waals surface area contributed by atoms with E-state index < -0.39 is 16.6 Å². The standard InChI is InChI=1S/C17H20ClFN2O2S2/c1-20-10-4-7-17-24-16-6-3-2-5-15(16)21(25(17,22)23)12-8-9-14(19)13(18)11-12/h2-3,5-6,8-9,11,17,20,22-23H,4,7,10H2,1H3. The molecule has 0 saturated heterocycles. The number of fused-ring (bicyclic) bond motifs is 1. The van der Waals surface area contributed by atoms with E-state index in [1.165, 1.54) is 34.3 Å². The summed E-state index contributed by atoms with van der Waals surface area (Å²) in [6.07, 6.45) is 1.47. The number of hydrogen-bond acceptors (Lipinski definition) is 5. The van der Waals surface area contributed by atoms with Gasteiger partial charge in [0, 0.05) is 4.90 Å². The Bertz CT molecular complexity index is 763. The van der Waals surface area contributed by atoms with Gasteiger partial charge in [0.1, 0.15) is 10.4 Å². The molecule has 0 aliphatic carbocycles. The summed E-state index contributed by atoms with van der Waals surface area (Å²) >= 11 is 7.40. The van der Waals surface area contributed by atoms with Crippen molar-refractivity contribution in [1.29, 1.82) is 0 Å². The van der Waals surface area contributed by atoms with Gasteiger partial charge in [-0.05, 0) is 56.8 Å². The first kappa shape index (κ1) is 18.8. The average Bonchev–Trinajstić information content (AvgIpc) is 2.58. The highest BCUT2D eigenvalue weighted by Gasteiger charge is 2.40. The molecule has 2 aromatic rings. The summed E-state index contributed by atoms with van der Waals surface area (Å²) in [7, 11) is -1.28. The van der Waals surface area contributed by atoms with Crippen molar-refractivity contribution in [3.8, 4) is 0 Å². The predicted octanol–water partition coefficient (Wildman–Crippen LogP) is 5.71. The third-order valence-corrected chi connectivity index (χ3v) is 8.30. The lowest BCUT2D eigenvalue weighted by Gasteiger charge is -2.52. The minimum atomic E-state index is -3.15. The molecule has 3 rings (SSSR count). The molecule has 0 spiro atoms. The van der Waals surface area contributed by atoms with Gasteiger partial charge in [-0.3, -0.25) is 9.11 Å². The van der Waals surface area contributed by atoms with Crippen LogP contribution >= 0.6 is 34.1 Å². The molecule has 1 heterocycles. The van der Waals surface area contributed by atoms with Crippen LogP contribution in [0.25, 0.3) is 0 Å². The Hall–Kier alpha value is -0.960. The maximum Gasteiger partial charge on any atom is 0.141 e.